The maximum atomic E-state index is 11.3. The molecular weight excluding hydrogens is 204 g/mol. The minimum atomic E-state index is -2.92. The fourth-order valence-electron chi connectivity index (χ4n) is 1.80. The smallest absolute Gasteiger partial charge is 0.150 e. The Labute approximate surface area is 85.2 Å². The molecule has 4 nitrogen and oxygen atoms in total. The van der Waals surface area contributed by atoms with E-state index >= 15 is 0 Å². The predicted molar refractivity (Wildman–Crippen MR) is 53.8 cm³/mol. The molecule has 84 valence electrons. The van der Waals surface area contributed by atoms with Crippen LogP contribution >= 0.6 is 0 Å². The Balaban J connectivity index is 2.52. The molecule has 1 fully saturated rings. The molecule has 0 heterocycles. The Bertz CT molecular complexity index is 285. The van der Waals surface area contributed by atoms with Gasteiger partial charge < -0.3 is 9.84 Å². The molecular formula is C9H18O4S. The maximum Gasteiger partial charge on any atom is 0.150 e. The molecule has 0 aromatic carbocycles. The summed E-state index contributed by atoms with van der Waals surface area (Å²) in [6, 6.07) is 0. The van der Waals surface area contributed by atoms with Crippen molar-refractivity contribution >= 4 is 9.84 Å². The number of aliphatic hydroxyl groups is 1. The van der Waals surface area contributed by atoms with Crippen molar-refractivity contribution in [3.63, 3.8) is 0 Å². The number of ether oxygens (including phenoxy) is 1. The van der Waals surface area contributed by atoms with Crippen molar-refractivity contribution < 1.29 is 18.3 Å². The van der Waals surface area contributed by atoms with Crippen LogP contribution in [0.4, 0.5) is 0 Å². The molecule has 0 spiro atoms. The Hall–Kier alpha value is -0.130. The molecule has 2 atom stereocenters. The van der Waals surface area contributed by atoms with E-state index in [0.717, 1.165) is 6.42 Å². The van der Waals surface area contributed by atoms with Crippen LogP contribution in [0.5, 0.6) is 0 Å². The third-order valence-electron chi connectivity index (χ3n) is 3.00. The van der Waals surface area contributed by atoms with Gasteiger partial charge in [0.2, 0.25) is 0 Å². The van der Waals surface area contributed by atoms with Gasteiger partial charge in [0.05, 0.1) is 19.0 Å². The van der Waals surface area contributed by atoms with Gasteiger partial charge in [-0.1, -0.05) is 6.92 Å². The van der Waals surface area contributed by atoms with Crippen molar-refractivity contribution in [1.29, 1.82) is 0 Å². The summed E-state index contributed by atoms with van der Waals surface area (Å²) < 4.78 is 27.7. The van der Waals surface area contributed by atoms with Gasteiger partial charge in [-0.15, -0.1) is 0 Å². The van der Waals surface area contributed by atoms with Crippen LogP contribution < -0.4 is 0 Å². The zero-order valence-corrected chi connectivity index (χ0v) is 9.51. The molecule has 1 aliphatic carbocycles. The van der Waals surface area contributed by atoms with Crippen LogP contribution in [0.2, 0.25) is 0 Å². The van der Waals surface area contributed by atoms with Crippen molar-refractivity contribution in [2.75, 3.05) is 31.8 Å². The molecule has 0 aromatic rings. The predicted octanol–water partition coefficient (Wildman–Crippen LogP) is 0.0661. The SMILES string of the molecule is CCS(=O)(=O)C[C@H]1C[C@]1(CO)COC. The summed E-state index contributed by atoms with van der Waals surface area (Å²) in [6.45, 7) is 2.12. The van der Waals surface area contributed by atoms with E-state index in [1.165, 1.54) is 0 Å². The topological polar surface area (TPSA) is 63.6 Å². The average molecular weight is 222 g/mol. The third-order valence-corrected chi connectivity index (χ3v) is 4.79. The molecule has 14 heavy (non-hydrogen) atoms. The van der Waals surface area contributed by atoms with Gasteiger partial charge in [-0.05, 0) is 12.3 Å². The first-order chi connectivity index (χ1) is 6.49. The van der Waals surface area contributed by atoms with E-state index in [9.17, 15) is 8.42 Å². The zero-order chi connectivity index (χ0) is 10.8. The maximum absolute atomic E-state index is 11.3. The summed E-state index contributed by atoms with van der Waals surface area (Å²) in [5.74, 6) is 0.447. The first kappa shape index (κ1) is 11.9. The van der Waals surface area contributed by atoms with Crippen LogP contribution in [-0.4, -0.2) is 45.4 Å². The second kappa shape index (κ2) is 4.16. The molecule has 0 bridgehead atoms. The van der Waals surface area contributed by atoms with Crippen molar-refractivity contribution in [3.05, 3.63) is 0 Å². The van der Waals surface area contributed by atoms with E-state index < -0.39 is 9.84 Å². The first-order valence-electron chi connectivity index (χ1n) is 4.80. The summed E-state index contributed by atoms with van der Waals surface area (Å²) in [5.41, 5.74) is -0.281. The van der Waals surface area contributed by atoms with E-state index in [0.29, 0.717) is 6.61 Å². The highest BCUT2D eigenvalue weighted by atomic mass is 32.2. The zero-order valence-electron chi connectivity index (χ0n) is 8.69. The second-order valence-corrected chi connectivity index (χ2v) is 6.45. The molecule has 0 aliphatic heterocycles. The van der Waals surface area contributed by atoms with E-state index in [4.69, 9.17) is 9.84 Å². The number of aliphatic hydroxyl groups excluding tert-OH is 1. The van der Waals surface area contributed by atoms with Gasteiger partial charge in [-0.2, -0.15) is 0 Å². The van der Waals surface area contributed by atoms with E-state index in [1.54, 1.807) is 14.0 Å². The second-order valence-electron chi connectivity index (χ2n) is 4.05. The molecule has 0 aromatic heterocycles. The van der Waals surface area contributed by atoms with Crippen molar-refractivity contribution in [2.45, 2.75) is 13.3 Å². The highest BCUT2D eigenvalue weighted by Gasteiger charge is 2.54. The van der Waals surface area contributed by atoms with Gasteiger partial charge in [0.1, 0.15) is 9.84 Å². The van der Waals surface area contributed by atoms with Gasteiger partial charge >= 0.3 is 0 Å². The lowest BCUT2D eigenvalue weighted by Gasteiger charge is -2.12. The fourth-order valence-corrected chi connectivity index (χ4v) is 3.12. The summed E-state index contributed by atoms with van der Waals surface area (Å²) in [5, 5.41) is 9.15. The van der Waals surface area contributed by atoms with Crippen molar-refractivity contribution in [3.8, 4) is 0 Å². The monoisotopic (exact) mass is 222 g/mol. The van der Waals surface area contributed by atoms with Crippen LogP contribution in [0.15, 0.2) is 0 Å². The molecule has 1 rings (SSSR count). The number of sulfone groups is 1. The average Bonchev–Trinajstić information content (AvgIpc) is 2.79. The van der Waals surface area contributed by atoms with Gasteiger partial charge in [0.25, 0.3) is 0 Å². The summed E-state index contributed by atoms with van der Waals surface area (Å²) in [6.07, 6.45) is 0.760. The Morgan fingerprint density at radius 2 is 2.21 bits per heavy atom. The van der Waals surface area contributed by atoms with E-state index in [-0.39, 0.29) is 29.4 Å². The van der Waals surface area contributed by atoms with Crippen LogP contribution in [0.1, 0.15) is 13.3 Å². The van der Waals surface area contributed by atoms with Crippen molar-refractivity contribution in [1.82, 2.24) is 0 Å². The molecule has 0 radical (unpaired) electrons. The van der Waals surface area contributed by atoms with Crippen LogP contribution in [0, 0.1) is 11.3 Å². The lowest BCUT2D eigenvalue weighted by molar-refractivity contribution is 0.0879. The lowest BCUT2D eigenvalue weighted by atomic mass is 10.1. The normalized spacial score (nSPS) is 31.8. The lowest BCUT2D eigenvalue weighted by Crippen LogP contribution is -2.21. The first-order valence-corrected chi connectivity index (χ1v) is 6.62. The van der Waals surface area contributed by atoms with Gasteiger partial charge in [0, 0.05) is 18.3 Å². The number of rotatable bonds is 6. The van der Waals surface area contributed by atoms with Gasteiger partial charge in [-0.25, -0.2) is 8.42 Å². The number of hydrogen-bond donors (Lipinski definition) is 1. The van der Waals surface area contributed by atoms with Crippen LogP contribution in [0.3, 0.4) is 0 Å². The molecule has 5 heteroatoms. The Morgan fingerprint density at radius 3 is 2.64 bits per heavy atom. The quantitative estimate of drug-likeness (QED) is 0.690. The summed E-state index contributed by atoms with van der Waals surface area (Å²) in [7, 11) is -1.35. The van der Waals surface area contributed by atoms with E-state index in [1.807, 2.05) is 0 Å². The molecule has 0 amide bonds. The van der Waals surface area contributed by atoms with Gasteiger partial charge in [-0.3, -0.25) is 0 Å². The summed E-state index contributed by atoms with van der Waals surface area (Å²) in [4.78, 5) is 0. The molecule has 0 saturated heterocycles. The Morgan fingerprint density at radius 1 is 1.57 bits per heavy atom. The molecule has 1 aliphatic rings. The standard InChI is InChI=1S/C9H18O4S/c1-3-14(11,12)5-8-4-9(8,6-10)7-13-2/h8,10H,3-7H2,1-2H3/t8-,9+/m1/s1. The minimum absolute atomic E-state index is 0.0186. The molecule has 1 saturated carbocycles. The highest BCUT2D eigenvalue weighted by Crippen LogP contribution is 2.52. The highest BCUT2D eigenvalue weighted by molar-refractivity contribution is 7.91. The van der Waals surface area contributed by atoms with Gasteiger partial charge in [0.15, 0.2) is 0 Å². The number of hydrogen-bond acceptors (Lipinski definition) is 4. The Kier molecular flexibility index (Phi) is 3.55. The summed E-state index contributed by atoms with van der Waals surface area (Å²) >= 11 is 0. The molecule has 1 N–H and O–H groups in total. The minimum Gasteiger partial charge on any atom is -0.396 e. The fraction of sp³-hybridized carbons (Fsp3) is 1.00. The third kappa shape index (κ3) is 2.46. The molecule has 0 unspecified atom stereocenters. The van der Waals surface area contributed by atoms with E-state index in [2.05, 4.69) is 0 Å². The van der Waals surface area contributed by atoms with Crippen LogP contribution in [0.25, 0.3) is 0 Å². The number of methoxy groups -OCH3 is 1. The largest absolute Gasteiger partial charge is 0.396 e. The van der Waals surface area contributed by atoms with Crippen molar-refractivity contribution in [2.24, 2.45) is 11.3 Å². The van der Waals surface area contributed by atoms with Crippen LogP contribution in [-0.2, 0) is 14.6 Å².